The van der Waals surface area contributed by atoms with Gasteiger partial charge in [-0.3, -0.25) is 0 Å². The first kappa shape index (κ1) is 18.6. The van der Waals surface area contributed by atoms with Crippen LogP contribution in [0.2, 0.25) is 0 Å². The summed E-state index contributed by atoms with van der Waals surface area (Å²) in [5.74, 6) is -0.189. The highest BCUT2D eigenvalue weighted by Crippen LogP contribution is 2.21. The van der Waals surface area contributed by atoms with Crippen molar-refractivity contribution in [3.8, 4) is 5.75 Å². The van der Waals surface area contributed by atoms with Crippen LogP contribution >= 0.6 is 0 Å². The zero-order chi connectivity index (χ0) is 20.1. The number of benzene rings is 3. The average Bonchev–Trinajstić information content (AvgIpc) is 3.09. The maximum absolute atomic E-state index is 13.4. The zero-order valence-corrected chi connectivity index (χ0v) is 15.5. The van der Waals surface area contributed by atoms with Gasteiger partial charge in [-0.1, -0.05) is 48.5 Å². The average molecular weight is 387 g/mol. The number of nitrogens with zero attached hydrogens (tertiary/aromatic N) is 1. The highest BCUT2D eigenvalue weighted by Gasteiger charge is 2.24. The van der Waals surface area contributed by atoms with Gasteiger partial charge in [-0.15, -0.1) is 0 Å². The van der Waals surface area contributed by atoms with Gasteiger partial charge in [0.15, 0.2) is 5.70 Å². The van der Waals surface area contributed by atoms with Crippen LogP contribution < -0.4 is 4.74 Å². The molecule has 4 rings (SSSR count). The smallest absolute Gasteiger partial charge is 0.363 e. The topological polar surface area (TPSA) is 47.9 Å². The molecule has 5 heteroatoms. The lowest BCUT2D eigenvalue weighted by atomic mass is 10.1. The van der Waals surface area contributed by atoms with Crippen LogP contribution in [-0.4, -0.2) is 18.5 Å². The van der Waals surface area contributed by atoms with Crippen molar-refractivity contribution in [2.45, 2.75) is 6.42 Å². The molecule has 0 saturated carbocycles. The number of esters is 1. The molecule has 1 heterocycles. The Morgan fingerprint density at radius 1 is 0.966 bits per heavy atom. The third-order valence-corrected chi connectivity index (χ3v) is 4.36. The van der Waals surface area contributed by atoms with Crippen molar-refractivity contribution in [3.05, 3.63) is 107 Å². The Balaban J connectivity index is 1.46. The molecule has 3 aromatic carbocycles. The Morgan fingerprint density at radius 2 is 1.79 bits per heavy atom. The van der Waals surface area contributed by atoms with Crippen LogP contribution in [-0.2, 0) is 16.0 Å². The maximum atomic E-state index is 13.4. The second-order valence-electron chi connectivity index (χ2n) is 6.50. The summed E-state index contributed by atoms with van der Waals surface area (Å²) in [6, 6.07) is 23.3. The summed E-state index contributed by atoms with van der Waals surface area (Å²) in [5.41, 5.74) is 2.54. The standard InChI is InChI=1S/C24H18FNO3/c25-20-10-5-9-19(16-20)23-26-22(24(27)29-23)15-18-8-4-11-21(14-18)28-13-12-17-6-2-1-3-7-17/h1-11,14-16H,12-13H2/b22-15-. The molecule has 1 aliphatic heterocycles. The number of aliphatic imine (C=N–C) groups is 1. The van der Waals surface area contributed by atoms with Crippen LogP contribution in [0.3, 0.4) is 0 Å². The van der Waals surface area contributed by atoms with Gasteiger partial charge in [0, 0.05) is 12.0 Å². The van der Waals surface area contributed by atoms with E-state index in [-0.39, 0.29) is 11.6 Å². The van der Waals surface area contributed by atoms with Gasteiger partial charge in [0.25, 0.3) is 0 Å². The van der Waals surface area contributed by atoms with Crippen molar-refractivity contribution in [1.82, 2.24) is 0 Å². The van der Waals surface area contributed by atoms with Gasteiger partial charge in [0.1, 0.15) is 11.6 Å². The van der Waals surface area contributed by atoms with Gasteiger partial charge in [0.05, 0.1) is 6.61 Å². The largest absolute Gasteiger partial charge is 0.493 e. The Labute approximate surface area is 167 Å². The van der Waals surface area contributed by atoms with E-state index in [1.54, 1.807) is 18.2 Å². The highest BCUT2D eigenvalue weighted by atomic mass is 19.1. The van der Waals surface area contributed by atoms with Crippen LogP contribution in [0.25, 0.3) is 6.08 Å². The first-order chi connectivity index (χ1) is 14.2. The Kier molecular flexibility index (Phi) is 5.47. The molecule has 0 aliphatic carbocycles. The van der Waals surface area contributed by atoms with Crippen molar-refractivity contribution in [2.24, 2.45) is 4.99 Å². The lowest BCUT2D eigenvalue weighted by Gasteiger charge is -2.07. The molecule has 0 amide bonds. The fraction of sp³-hybridized carbons (Fsp3) is 0.0833. The lowest BCUT2D eigenvalue weighted by Crippen LogP contribution is -2.05. The molecule has 0 aromatic heterocycles. The zero-order valence-electron chi connectivity index (χ0n) is 15.5. The van der Waals surface area contributed by atoms with E-state index in [2.05, 4.69) is 17.1 Å². The number of halogens is 1. The van der Waals surface area contributed by atoms with E-state index >= 15 is 0 Å². The minimum Gasteiger partial charge on any atom is -0.493 e. The predicted molar refractivity (Wildman–Crippen MR) is 109 cm³/mol. The second kappa shape index (κ2) is 8.52. The second-order valence-corrected chi connectivity index (χ2v) is 6.50. The summed E-state index contributed by atoms with van der Waals surface area (Å²) < 4.78 is 24.4. The third kappa shape index (κ3) is 4.76. The molecule has 0 bridgehead atoms. The fourth-order valence-corrected chi connectivity index (χ4v) is 2.94. The molecule has 1 aliphatic rings. The molecular weight excluding hydrogens is 369 g/mol. The minimum atomic E-state index is -0.570. The summed E-state index contributed by atoms with van der Waals surface area (Å²) in [5, 5.41) is 0. The molecule has 0 spiro atoms. The first-order valence-corrected chi connectivity index (χ1v) is 9.23. The minimum absolute atomic E-state index is 0.0935. The van der Waals surface area contributed by atoms with E-state index in [9.17, 15) is 9.18 Å². The van der Waals surface area contributed by atoms with Crippen LogP contribution in [0, 0.1) is 5.82 Å². The van der Waals surface area contributed by atoms with Crippen LogP contribution in [0.1, 0.15) is 16.7 Å². The number of hydrogen-bond donors (Lipinski definition) is 0. The van der Waals surface area contributed by atoms with Gasteiger partial charge < -0.3 is 9.47 Å². The predicted octanol–water partition coefficient (Wildman–Crippen LogP) is 4.79. The molecule has 144 valence electrons. The Morgan fingerprint density at radius 3 is 2.62 bits per heavy atom. The third-order valence-electron chi connectivity index (χ3n) is 4.36. The van der Waals surface area contributed by atoms with Gasteiger partial charge in [0.2, 0.25) is 5.90 Å². The number of ether oxygens (including phenoxy) is 2. The van der Waals surface area contributed by atoms with E-state index in [4.69, 9.17) is 9.47 Å². The van der Waals surface area contributed by atoms with Crippen LogP contribution in [0.15, 0.2) is 89.6 Å². The van der Waals surface area contributed by atoms with Gasteiger partial charge >= 0.3 is 5.97 Å². The quantitative estimate of drug-likeness (QED) is 0.451. The van der Waals surface area contributed by atoms with Gasteiger partial charge in [-0.25, -0.2) is 14.2 Å². The molecule has 29 heavy (non-hydrogen) atoms. The van der Waals surface area contributed by atoms with E-state index < -0.39 is 11.8 Å². The molecule has 0 fully saturated rings. The normalized spacial score (nSPS) is 14.6. The maximum Gasteiger partial charge on any atom is 0.363 e. The Bertz CT molecular complexity index is 1090. The molecule has 4 nitrogen and oxygen atoms in total. The van der Waals surface area contributed by atoms with Crippen LogP contribution in [0.5, 0.6) is 5.75 Å². The number of carbonyl (C=O) groups excluding carboxylic acids is 1. The monoisotopic (exact) mass is 387 g/mol. The van der Waals surface area contributed by atoms with Crippen molar-refractivity contribution >= 4 is 17.9 Å². The summed E-state index contributed by atoms with van der Waals surface area (Å²) in [6.45, 7) is 0.550. The van der Waals surface area contributed by atoms with Crippen molar-refractivity contribution in [2.75, 3.05) is 6.61 Å². The summed E-state index contributed by atoms with van der Waals surface area (Å²) in [4.78, 5) is 16.3. The van der Waals surface area contributed by atoms with E-state index in [0.29, 0.717) is 17.9 Å². The van der Waals surface area contributed by atoms with E-state index in [1.807, 2.05) is 42.5 Å². The highest BCUT2D eigenvalue weighted by molar-refractivity contribution is 6.12. The number of rotatable bonds is 6. The molecule has 0 N–H and O–H groups in total. The van der Waals surface area contributed by atoms with Crippen molar-refractivity contribution < 1.29 is 18.7 Å². The molecule has 0 radical (unpaired) electrons. The van der Waals surface area contributed by atoms with E-state index in [0.717, 1.165) is 12.0 Å². The molecule has 0 atom stereocenters. The SMILES string of the molecule is O=C1OC(c2cccc(F)c2)=N/C1=C\c1cccc(OCCc2ccccc2)c1. The molecular formula is C24H18FNO3. The molecule has 0 saturated heterocycles. The summed E-state index contributed by atoms with van der Waals surface area (Å²) in [7, 11) is 0. The molecule has 3 aromatic rings. The fourth-order valence-electron chi connectivity index (χ4n) is 2.94. The summed E-state index contributed by atoms with van der Waals surface area (Å²) in [6.07, 6.45) is 2.43. The van der Waals surface area contributed by atoms with E-state index in [1.165, 1.54) is 17.7 Å². The number of carbonyl (C=O) groups is 1. The van der Waals surface area contributed by atoms with Gasteiger partial charge in [-0.05, 0) is 47.5 Å². The lowest BCUT2D eigenvalue weighted by molar-refractivity contribution is -0.129. The molecule has 0 unspecified atom stereocenters. The summed E-state index contributed by atoms with van der Waals surface area (Å²) >= 11 is 0. The van der Waals surface area contributed by atoms with Crippen molar-refractivity contribution in [3.63, 3.8) is 0 Å². The Hall–Kier alpha value is -3.73. The van der Waals surface area contributed by atoms with Crippen molar-refractivity contribution in [1.29, 1.82) is 0 Å². The number of cyclic esters (lactones) is 1. The van der Waals surface area contributed by atoms with Gasteiger partial charge in [-0.2, -0.15) is 0 Å². The number of hydrogen-bond acceptors (Lipinski definition) is 4. The van der Waals surface area contributed by atoms with Crippen LogP contribution in [0.4, 0.5) is 4.39 Å². The first-order valence-electron chi connectivity index (χ1n) is 9.23.